The predicted molar refractivity (Wildman–Crippen MR) is 127 cm³/mol. The number of fused-ring (bicyclic) bond motifs is 1. The van der Waals surface area contributed by atoms with Crippen molar-refractivity contribution in [3.05, 3.63) is 88.5 Å². The molecule has 1 aliphatic rings. The molecule has 2 N–H and O–H groups in total. The molecule has 1 heterocycles. The molecule has 1 atom stereocenters. The summed E-state index contributed by atoms with van der Waals surface area (Å²) >= 11 is 0. The monoisotopic (exact) mass is 519 g/mol. The lowest BCUT2D eigenvalue weighted by Crippen LogP contribution is -2.22. The fraction of sp³-hybridized carbons (Fsp3) is 0.269. The maximum Gasteiger partial charge on any atom is 0.416 e. The number of nitrogens with two attached hydrogens (primary N) is 1. The average molecular weight is 520 g/mol. The highest BCUT2D eigenvalue weighted by atomic mass is 32.2. The van der Waals surface area contributed by atoms with Crippen molar-refractivity contribution in [2.45, 2.75) is 43.2 Å². The van der Waals surface area contributed by atoms with Gasteiger partial charge in [0.25, 0.3) is 0 Å². The van der Waals surface area contributed by atoms with Gasteiger partial charge in [-0.15, -0.1) is 0 Å². The highest BCUT2D eigenvalue weighted by Crippen LogP contribution is 2.37. The summed E-state index contributed by atoms with van der Waals surface area (Å²) in [5.74, 6) is -0.525. The highest BCUT2D eigenvalue weighted by Gasteiger charge is 2.32. The van der Waals surface area contributed by atoms with E-state index in [1.807, 2.05) is 6.92 Å². The maximum absolute atomic E-state index is 13.9. The van der Waals surface area contributed by atoms with E-state index in [2.05, 4.69) is 0 Å². The van der Waals surface area contributed by atoms with Crippen molar-refractivity contribution in [3.8, 4) is 11.5 Å². The molecular formula is C26H24F3NO5S. The van der Waals surface area contributed by atoms with Crippen LogP contribution in [0.15, 0.2) is 65.6 Å². The molecule has 3 aromatic carbocycles. The predicted octanol–water partition coefficient (Wildman–Crippen LogP) is 5.24. The van der Waals surface area contributed by atoms with E-state index in [0.717, 1.165) is 24.1 Å². The van der Waals surface area contributed by atoms with Gasteiger partial charge in [-0.05, 0) is 65.9 Å². The van der Waals surface area contributed by atoms with E-state index in [1.165, 1.54) is 24.3 Å². The maximum atomic E-state index is 13.9. The molecule has 0 saturated heterocycles. The zero-order valence-electron chi connectivity index (χ0n) is 19.3. The van der Waals surface area contributed by atoms with Crippen LogP contribution in [0, 0.1) is 0 Å². The first-order chi connectivity index (χ1) is 17.0. The second kappa shape index (κ2) is 9.94. The molecule has 0 spiro atoms. The fourth-order valence-electron chi connectivity index (χ4n) is 4.21. The van der Waals surface area contributed by atoms with E-state index in [4.69, 9.17) is 14.6 Å². The summed E-state index contributed by atoms with van der Waals surface area (Å²) in [5, 5.41) is 5.42. The minimum Gasteiger partial charge on any atom is -0.454 e. The molecular weight excluding hydrogens is 495 g/mol. The van der Waals surface area contributed by atoms with E-state index in [-0.39, 0.29) is 23.7 Å². The number of halogens is 3. The summed E-state index contributed by atoms with van der Waals surface area (Å²) < 4.78 is 74.5. The lowest BCUT2D eigenvalue weighted by molar-refractivity contribution is -0.137. The van der Waals surface area contributed by atoms with E-state index in [9.17, 15) is 26.4 Å². The molecule has 190 valence electrons. The third-order valence-corrected chi connectivity index (χ3v) is 6.96. The molecule has 0 bridgehead atoms. The molecule has 0 radical (unpaired) electrons. The third kappa shape index (κ3) is 5.55. The number of Topliss-reactive ketones (excluding diaryl/α,β-unsaturated/α-hetero) is 1. The van der Waals surface area contributed by atoms with Gasteiger partial charge < -0.3 is 9.47 Å². The van der Waals surface area contributed by atoms with E-state index in [1.54, 1.807) is 24.3 Å². The Hall–Kier alpha value is -3.37. The number of carbonyl (C=O) groups excluding carboxylic acids is 1. The molecule has 1 unspecified atom stereocenters. The van der Waals surface area contributed by atoms with Gasteiger partial charge in [0.15, 0.2) is 17.3 Å². The Kier molecular flexibility index (Phi) is 7.10. The van der Waals surface area contributed by atoms with Gasteiger partial charge in [0.05, 0.1) is 16.4 Å². The molecule has 0 aliphatic carbocycles. The number of ketones is 1. The largest absolute Gasteiger partial charge is 0.454 e. The van der Waals surface area contributed by atoms with Gasteiger partial charge in [-0.1, -0.05) is 37.6 Å². The van der Waals surface area contributed by atoms with Crippen LogP contribution in [0.5, 0.6) is 11.5 Å². The second-order valence-corrected chi connectivity index (χ2v) is 10.1. The Morgan fingerprint density at radius 1 is 0.972 bits per heavy atom. The van der Waals surface area contributed by atoms with Crippen molar-refractivity contribution in [3.63, 3.8) is 0 Å². The fourth-order valence-corrected chi connectivity index (χ4v) is 4.93. The van der Waals surface area contributed by atoms with Gasteiger partial charge in [0, 0.05) is 5.56 Å². The van der Waals surface area contributed by atoms with Crippen molar-refractivity contribution in [1.29, 1.82) is 0 Å². The zero-order chi connectivity index (χ0) is 26.1. The van der Waals surface area contributed by atoms with Crippen molar-refractivity contribution in [2.75, 3.05) is 6.79 Å². The molecule has 10 heteroatoms. The minimum atomic E-state index is -4.49. The number of ether oxygens (including phenoxy) is 2. The first-order valence-electron chi connectivity index (χ1n) is 11.2. The van der Waals surface area contributed by atoms with Gasteiger partial charge >= 0.3 is 6.18 Å². The number of primary sulfonamides is 1. The number of aryl methyl sites for hydroxylation is 1. The van der Waals surface area contributed by atoms with E-state index in [0.29, 0.717) is 29.0 Å². The molecule has 3 aromatic rings. The molecule has 4 rings (SSSR count). The summed E-state index contributed by atoms with van der Waals surface area (Å²) in [5.41, 5.74) is 0.887. The average Bonchev–Trinajstić information content (AvgIpc) is 3.29. The zero-order valence-corrected chi connectivity index (χ0v) is 20.2. The summed E-state index contributed by atoms with van der Waals surface area (Å²) in [7, 11) is -4.22. The number of alkyl halides is 3. The quantitative estimate of drug-likeness (QED) is 0.411. The Morgan fingerprint density at radius 3 is 2.28 bits per heavy atom. The van der Waals surface area contributed by atoms with Crippen LogP contribution < -0.4 is 14.6 Å². The van der Waals surface area contributed by atoms with Crippen LogP contribution in [-0.2, 0) is 29.0 Å². The van der Waals surface area contributed by atoms with Gasteiger partial charge in [-0.3, -0.25) is 4.79 Å². The number of sulfonamides is 1. The lowest BCUT2D eigenvalue weighted by atomic mass is 9.84. The normalized spacial score (nSPS) is 14.0. The van der Waals surface area contributed by atoms with Gasteiger partial charge in [0.2, 0.25) is 16.8 Å². The molecule has 36 heavy (non-hydrogen) atoms. The van der Waals surface area contributed by atoms with Crippen LogP contribution >= 0.6 is 0 Å². The second-order valence-electron chi connectivity index (χ2n) is 8.55. The number of carbonyl (C=O) groups is 1. The van der Waals surface area contributed by atoms with E-state index < -0.39 is 33.5 Å². The molecule has 6 nitrogen and oxygen atoms in total. The van der Waals surface area contributed by atoms with Crippen LogP contribution in [0.1, 0.15) is 51.9 Å². The number of hydrogen-bond acceptors (Lipinski definition) is 5. The van der Waals surface area contributed by atoms with Gasteiger partial charge in [-0.25, -0.2) is 13.6 Å². The first kappa shape index (κ1) is 25.7. The standard InChI is InChI=1S/C26H24F3NO5S/c1-2-3-16-6-11-24(36(30,32)33)21(13-16)25(31)20(18-7-10-22-23(14-18)35-15-34-22)12-17-4-8-19(9-5-17)26(27,28)29/h4-11,13-14,20H,2-3,12,15H2,1H3,(H2,30,32,33). The Morgan fingerprint density at radius 2 is 1.64 bits per heavy atom. The van der Waals surface area contributed by atoms with Crippen molar-refractivity contribution in [1.82, 2.24) is 0 Å². The third-order valence-electron chi connectivity index (χ3n) is 5.99. The van der Waals surface area contributed by atoms with E-state index >= 15 is 0 Å². The summed E-state index contributed by atoms with van der Waals surface area (Å²) in [6.45, 7) is 1.97. The smallest absolute Gasteiger partial charge is 0.416 e. The number of benzene rings is 3. The van der Waals surface area contributed by atoms with Crippen LogP contribution in [0.4, 0.5) is 13.2 Å². The summed E-state index contributed by atoms with van der Waals surface area (Å²) in [4.78, 5) is 13.6. The van der Waals surface area contributed by atoms with Crippen molar-refractivity contribution >= 4 is 15.8 Å². The minimum absolute atomic E-state index is 0.0188. The Balaban J connectivity index is 1.80. The molecule has 0 aromatic heterocycles. The number of hydrogen-bond donors (Lipinski definition) is 1. The van der Waals surface area contributed by atoms with Crippen LogP contribution in [0.3, 0.4) is 0 Å². The van der Waals surface area contributed by atoms with Crippen LogP contribution in [-0.4, -0.2) is 21.0 Å². The summed E-state index contributed by atoms with van der Waals surface area (Å²) in [6, 6.07) is 13.9. The topological polar surface area (TPSA) is 95.7 Å². The van der Waals surface area contributed by atoms with Crippen molar-refractivity contribution in [2.24, 2.45) is 5.14 Å². The van der Waals surface area contributed by atoms with Crippen molar-refractivity contribution < 1.29 is 35.9 Å². The SMILES string of the molecule is CCCc1ccc(S(N)(=O)=O)c(C(=O)C(Cc2ccc(C(F)(F)F)cc2)c2ccc3c(c2)OCO3)c1. The molecule has 1 aliphatic heterocycles. The lowest BCUT2D eigenvalue weighted by Gasteiger charge is -2.20. The first-order valence-corrected chi connectivity index (χ1v) is 12.8. The molecule has 0 saturated carbocycles. The van der Waals surface area contributed by atoms with Crippen LogP contribution in [0.2, 0.25) is 0 Å². The summed E-state index contributed by atoms with van der Waals surface area (Å²) in [6.07, 6.45) is -3.06. The Bertz CT molecular complexity index is 1390. The molecule has 0 amide bonds. The number of rotatable bonds is 8. The highest BCUT2D eigenvalue weighted by molar-refractivity contribution is 7.89. The molecule has 0 fully saturated rings. The van der Waals surface area contributed by atoms with Gasteiger partial charge in [-0.2, -0.15) is 13.2 Å². The van der Waals surface area contributed by atoms with Gasteiger partial charge in [0.1, 0.15) is 0 Å². The Labute approximate surface area is 206 Å². The van der Waals surface area contributed by atoms with Crippen LogP contribution in [0.25, 0.3) is 0 Å².